The summed E-state index contributed by atoms with van der Waals surface area (Å²) in [7, 11) is 0. The molecular weight excluding hydrogens is 298 g/mol. The molecule has 1 rings (SSSR count). The molecule has 0 amide bonds. The van der Waals surface area contributed by atoms with Crippen molar-refractivity contribution < 1.29 is 5.11 Å². The maximum atomic E-state index is 9.65. The van der Waals surface area contributed by atoms with Crippen molar-refractivity contribution in [1.29, 1.82) is 0 Å². The van der Waals surface area contributed by atoms with E-state index < -0.39 is 6.10 Å². The zero-order valence-corrected chi connectivity index (χ0v) is 10.1. The quantitative estimate of drug-likeness (QED) is 0.654. The van der Waals surface area contributed by atoms with Crippen molar-refractivity contribution in [2.75, 3.05) is 0 Å². The molecule has 0 aliphatic heterocycles. The number of hydrogen-bond acceptors (Lipinski definition) is 1. The van der Waals surface area contributed by atoms with Crippen LogP contribution in [-0.2, 0) is 0 Å². The van der Waals surface area contributed by atoms with E-state index in [4.69, 9.17) is 11.6 Å². The van der Waals surface area contributed by atoms with E-state index in [2.05, 4.69) is 29.2 Å². The van der Waals surface area contributed by atoms with E-state index in [1.54, 1.807) is 13.0 Å². The molecule has 0 radical (unpaired) electrons. The average molecular weight is 309 g/mol. The highest BCUT2D eigenvalue weighted by atomic mass is 127. The number of halogens is 2. The van der Waals surface area contributed by atoms with Gasteiger partial charge in [-0.3, -0.25) is 0 Å². The van der Waals surface area contributed by atoms with Crippen molar-refractivity contribution in [2.45, 2.75) is 13.0 Å². The first-order valence-corrected chi connectivity index (χ1v) is 5.26. The van der Waals surface area contributed by atoms with Crippen molar-refractivity contribution in [3.63, 3.8) is 0 Å². The van der Waals surface area contributed by atoms with Crippen LogP contribution >= 0.6 is 34.2 Å². The molecule has 1 nitrogen and oxygen atoms in total. The van der Waals surface area contributed by atoms with E-state index in [1.807, 2.05) is 12.1 Å². The Labute approximate surface area is 96.6 Å². The standard InChI is InChI=1S/C10H10ClIO/c1-6(2)10(13)7-3-4-9(12)8(11)5-7/h3-5,10,13H,1H2,2H3. The zero-order valence-electron chi connectivity index (χ0n) is 7.22. The molecule has 1 unspecified atom stereocenters. The minimum absolute atomic E-state index is 0.616. The van der Waals surface area contributed by atoms with Gasteiger partial charge in [-0.2, -0.15) is 0 Å². The second-order valence-electron chi connectivity index (χ2n) is 2.92. The molecule has 0 aromatic heterocycles. The van der Waals surface area contributed by atoms with E-state index in [0.29, 0.717) is 5.02 Å². The van der Waals surface area contributed by atoms with Gasteiger partial charge in [0.2, 0.25) is 0 Å². The largest absolute Gasteiger partial charge is 0.384 e. The van der Waals surface area contributed by atoms with Crippen molar-refractivity contribution in [1.82, 2.24) is 0 Å². The fourth-order valence-electron chi connectivity index (χ4n) is 0.967. The fourth-order valence-corrected chi connectivity index (χ4v) is 1.49. The second-order valence-corrected chi connectivity index (χ2v) is 4.49. The summed E-state index contributed by atoms with van der Waals surface area (Å²) in [4.78, 5) is 0. The molecule has 0 fully saturated rings. The molecule has 13 heavy (non-hydrogen) atoms. The van der Waals surface area contributed by atoms with Crippen LogP contribution < -0.4 is 0 Å². The summed E-state index contributed by atoms with van der Waals surface area (Å²) in [5.74, 6) is 0. The SMILES string of the molecule is C=C(C)C(O)c1ccc(I)c(Cl)c1. The van der Waals surface area contributed by atoms with Crippen LogP contribution in [0.3, 0.4) is 0 Å². The lowest BCUT2D eigenvalue weighted by Gasteiger charge is -2.10. The molecule has 0 aliphatic rings. The van der Waals surface area contributed by atoms with Crippen LogP contribution in [0.25, 0.3) is 0 Å². The van der Waals surface area contributed by atoms with E-state index in [9.17, 15) is 5.11 Å². The predicted octanol–water partition coefficient (Wildman–Crippen LogP) is 3.55. The predicted molar refractivity (Wildman–Crippen MR) is 63.9 cm³/mol. The summed E-state index contributed by atoms with van der Waals surface area (Å²) in [6.07, 6.45) is -0.616. The van der Waals surface area contributed by atoms with Crippen molar-refractivity contribution in [2.24, 2.45) is 0 Å². The lowest BCUT2D eigenvalue weighted by molar-refractivity contribution is 0.216. The van der Waals surface area contributed by atoms with Gasteiger partial charge in [0, 0.05) is 3.57 Å². The molecule has 1 aromatic rings. The monoisotopic (exact) mass is 308 g/mol. The van der Waals surface area contributed by atoms with Crippen molar-refractivity contribution in [3.05, 3.63) is 44.5 Å². The molecule has 0 saturated heterocycles. The Hall–Kier alpha value is -0.0600. The van der Waals surface area contributed by atoms with Crippen LogP contribution in [0.2, 0.25) is 5.02 Å². The van der Waals surface area contributed by atoms with Gasteiger partial charge < -0.3 is 5.11 Å². The minimum atomic E-state index is -0.616. The summed E-state index contributed by atoms with van der Waals surface area (Å²) < 4.78 is 0.983. The van der Waals surface area contributed by atoms with Crippen LogP contribution in [0.5, 0.6) is 0 Å². The molecule has 0 heterocycles. The van der Waals surface area contributed by atoms with Gasteiger partial charge in [-0.15, -0.1) is 0 Å². The van der Waals surface area contributed by atoms with Gasteiger partial charge in [0.05, 0.1) is 11.1 Å². The number of benzene rings is 1. The Balaban J connectivity index is 3.03. The van der Waals surface area contributed by atoms with E-state index in [-0.39, 0.29) is 0 Å². The Kier molecular flexibility index (Phi) is 3.76. The van der Waals surface area contributed by atoms with Gasteiger partial charge in [0.15, 0.2) is 0 Å². The highest BCUT2D eigenvalue weighted by molar-refractivity contribution is 14.1. The highest BCUT2D eigenvalue weighted by Crippen LogP contribution is 2.25. The molecule has 0 bridgehead atoms. The first-order chi connectivity index (χ1) is 6.02. The van der Waals surface area contributed by atoms with Crippen molar-refractivity contribution in [3.8, 4) is 0 Å². The summed E-state index contributed by atoms with van der Waals surface area (Å²) >= 11 is 8.06. The lowest BCUT2D eigenvalue weighted by atomic mass is 10.0. The normalized spacial score (nSPS) is 12.6. The first-order valence-electron chi connectivity index (χ1n) is 3.81. The maximum absolute atomic E-state index is 9.65. The van der Waals surface area contributed by atoms with Gasteiger partial charge >= 0.3 is 0 Å². The molecule has 70 valence electrons. The maximum Gasteiger partial charge on any atom is 0.0996 e. The summed E-state index contributed by atoms with van der Waals surface area (Å²) in [6, 6.07) is 5.50. The Morgan fingerprint density at radius 2 is 2.23 bits per heavy atom. The van der Waals surface area contributed by atoms with Crippen LogP contribution in [0.4, 0.5) is 0 Å². The smallest absolute Gasteiger partial charge is 0.0996 e. The van der Waals surface area contributed by atoms with Gasteiger partial charge in [-0.1, -0.05) is 24.2 Å². The van der Waals surface area contributed by atoms with Crippen LogP contribution in [-0.4, -0.2) is 5.11 Å². The molecule has 0 spiro atoms. The number of aliphatic hydroxyl groups is 1. The van der Waals surface area contributed by atoms with Gasteiger partial charge in [-0.25, -0.2) is 0 Å². The molecule has 0 aliphatic carbocycles. The summed E-state index contributed by atoms with van der Waals surface area (Å²) in [5.41, 5.74) is 1.51. The average Bonchev–Trinajstić information content (AvgIpc) is 2.08. The topological polar surface area (TPSA) is 20.2 Å². The molecule has 0 saturated carbocycles. The summed E-state index contributed by atoms with van der Waals surface area (Å²) in [6.45, 7) is 5.48. The first kappa shape index (κ1) is 11.0. The second kappa shape index (κ2) is 4.44. The lowest BCUT2D eigenvalue weighted by Crippen LogP contribution is -1.97. The third kappa shape index (κ3) is 2.69. The Morgan fingerprint density at radius 1 is 1.62 bits per heavy atom. The van der Waals surface area contributed by atoms with E-state index >= 15 is 0 Å². The molecular formula is C10H10ClIO. The van der Waals surface area contributed by atoms with Crippen LogP contribution in [0, 0.1) is 3.57 Å². The van der Waals surface area contributed by atoms with Gasteiger partial charge in [-0.05, 0) is 52.8 Å². The highest BCUT2D eigenvalue weighted by Gasteiger charge is 2.09. The van der Waals surface area contributed by atoms with Crippen LogP contribution in [0.1, 0.15) is 18.6 Å². The third-order valence-corrected chi connectivity index (χ3v) is 3.30. The molecule has 3 heteroatoms. The molecule has 1 N–H and O–H groups in total. The fraction of sp³-hybridized carbons (Fsp3) is 0.200. The van der Waals surface area contributed by atoms with Gasteiger partial charge in [0.25, 0.3) is 0 Å². The third-order valence-electron chi connectivity index (χ3n) is 1.73. The van der Waals surface area contributed by atoms with E-state index in [1.165, 1.54) is 0 Å². The van der Waals surface area contributed by atoms with Crippen molar-refractivity contribution >= 4 is 34.2 Å². The Morgan fingerprint density at radius 3 is 2.69 bits per heavy atom. The number of aliphatic hydroxyl groups excluding tert-OH is 1. The zero-order chi connectivity index (χ0) is 10.0. The van der Waals surface area contributed by atoms with Gasteiger partial charge in [0.1, 0.15) is 0 Å². The minimum Gasteiger partial charge on any atom is -0.384 e. The number of rotatable bonds is 2. The number of hydrogen-bond donors (Lipinski definition) is 1. The van der Waals surface area contributed by atoms with E-state index in [0.717, 1.165) is 14.7 Å². The molecule has 1 atom stereocenters. The molecule has 1 aromatic carbocycles. The Bertz CT molecular complexity index is 336. The van der Waals surface area contributed by atoms with Crippen LogP contribution in [0.15, 0.2) is 30.4 Å². The summed E-state index contributed by atoms with van der Waals surface area (Å²) in [5, 5.41) is 10.3.